The molecule has 1 saturated carbocycles. The molecule has 1 aromatic heterocycles. The van der Waals surface area contributed by atoms with Crippen molar-refractivity contribution in [3.8, 4) is 0 Å². The summed E-state index contributed by atoms with van der Waals surface area (Å²) in [5.74, 6) is 0.754. The number of rotatable bonds is 5. The molecule has 1 aliphatic carbocycles. The highest BCUT2D eigenvalue weighted by Crippen LogP contribution is 2.30. The lowest BCUT2D eigenvalue weighted by Gasteiger charge is -2.08. The molecule has 0 radical (unpaired) electrons. The zero-order valence-electron chi connectivity index (χ0n) is 11.5. The van der Waals surface area contributed by atoms with Gasteiger partial charge in [0.2, 0.25) is 0 Å². The van der Waals surface area contributed by atoms with Crippen LogP contribution in [0.3, 0.4) is 0 Å². The van der Waals surface area contributed by atoms with Gasteiger partial charge in [0.05, 0.1) is 0 Å². The Morgan fingerprint density at radius 3 is 2.70 bits per heavy atom. The smallest absolute Gasteiger partial charge is 0.131 e. The molecule has 1 fully saturated rings. The van der Waals surface area contributed by atoms with Gasteiger partial charge in [-0.25, -0.2) is 0 Å². The first-order chi connectivity index (χ1) is 9.40. The van der Waals surface area contributed by atoms with E-state index in [0.717, 1.165) is 37.6 Å². The number of aliphatic imine (C=N–C) groups is 1. The summed E-state index contributed by atoms with van der Waals surface area (Å²) in [5.41, 5.74) is 8.75. The lowest BCUT2D eigenvalue weighted by atomic mass is 10.1. The Hall–Kier alpha value is -0.0800. The molecule has 0 aliphatic heterocycles. The molecule has 7 heteroatoms. The van der Waals surface area contributed by atoms with Crippen LogP contribution in [0.15, 0.2) is 16.3 Å². The molecule has 4 nitrogen and oxygen atoms in total. The zero-order chi connectivity index (χ0) is 14.9. The summed E-state index contributed by atoms with van der Waals surface area (Å²) in [5, 5.41) is 4.97. The summed E-state index contributed by atoms with van der Waals surface area (Å²) in [7, 11) is 1.84. The van der Waals surface area contributed by atoms with Crippen molar-refractivity contribution < 1.29 is 0 Å². The molecule has 0 unspecified atom stereocenters. The van der Waals surface area contributed by atoms with E-state index >= 15 is 0 Å². The van der Waals surface area contributed by atoms with Gasteiger partial charge in [0.15, 0.2) is 0 Å². The monoisotopic (exact) mass is 470 g/mol. The molecule has 1 heterocycles. The van der Waals surface area contributed by atoms with E-state index in [0.29, 0.717) is 11.6 Å². The van der Waals surface area contributed by atoms with Gasteiger partial charge >= 0.3 is 0 Å². The second-order valence-electron chi connectivity index (χ2n) is 5.10. The fraction of sp³-hybridized carbons (Fsp3) is 0.538. The van der Waals surface area contributed by atoms with Crippen LogP contribution in [0.4, 0.5) is 0 Å². The van der Waals surface area contributed by atoms with Crippen LogP contribution in [0.1, 0.15) is 25.3 Å². The first-order valence-electron chi connectivity index (χ1n) is 6.42. The molecular formula is C13H17BrClIN4. The van der Waals surface area contributed by atoms with Gasteiger partial charge in [-0.1, -0.05) is 11.6 Å². The number of nitrogens with zero attached hydrogens (tertiary/aromatic N) is 3. The summed E-state index contributed by atoms with van der Waals surface area (Å²) in [6, 6.07) is 0. The average Bonchev–Trinajstić information content (AvgIpc) is 3.15. The van der Waals surface area contributed by atoms with Gasteiger partial charge in [0, 0.05) is 36.8 Å². The number of hydrogen-bond donors (Lipinski definition) is 1. The second kappa shape index (κ2) is 6.79. The van der Waals surface area contributed by atoms with Crippen LogP contribution in [0, 0.1) is 9.62 Å². The number of hydrogen-bond acceptors (Lipinski definition) is 3. The van der Waals surface area contributed by atoms with Crippen LogP contribution >= 0.6 is 50.1 Å². The van der Waals surface area contributed by atoms with Crippen molar-refractivity contribution >= 4 is 54.7 Å². The minimum atomic E-state index is 0.641. The molecule has 110 valence electrons. The number of halogens is 3. The van der Waals surface area contributed by atoms with E-state index in [9.17, 15) is 0 Å². The fourth-order valence-electron chi connectivity index (χ4n) is 1.82. The van der Waals surface area contributed by atoms with Gasteiger partial charge in [-0.15, -0.1) is 0 Å². The summed E-state index contributed by atoms with van der Waals surface area (Å²) in [6.07, 6.45) is 3.22. The van der Waals surface area contributed by atoms with Crippen LogP contribution in [-0.4, -0.2) is 20.9 Å². The molecule has 1 aromatic rings. The highest BCUT2D eigenvalue weighted by atomic mass is 127. The largest absolute Gasteiger partial charge is 0.402 e. The van der Waals surface area contributed by atoms with Crippen LogP contribution < -0.4 is 5.73 Å². The van der Waals surface area contributed by atoms with Crippen LogP contribution in [0.2, 0.25) is 5.15 Å². The third kappa shape index (κ3) is 3.98. The molecule has 0 amide bonds. The maximum Gasteiger partial charge on any atom is 0.131 e. The SMILES string of the molecule is CC(N)=C(Cc1c(I)nn(C)c1Cl)C(Br)=NCC1CC1. The number of nitrogens with two attached hydrogens (primary N) is 1. The first kappa shape index (κ1) is 16.3. The van der Waals surface area contributed by atoms with Crippen LogP contribution in [0.25, 0.3) is 0 Å². The molecule has 2 N–H and O–H groups in total. The molecule has 0 aromatic carbocycles. The Bertz CT molecular complexity index is 571. The topological polar surface area (TPSA) is 56.2 Å². The van der Waals surface area contributed by atoms with Gasteiger partial charge < -0.3 is 5.73 Å². The van der Waals surface area contributed by atoms with Crippen LogP contribution in [0.5, 0.6) is 0 Å². The van der Waals surface area contributed by atoms with Crippen molar-refractivity contribution in [1.82, 2.24) is 9.78 Å². The molecule has 20 heavy (non-hydrogen) atoms. The second-order valence-corrected chi connectivity index (χ2v) is 7.23. The van der Waals surface area contributed by atoms with Gasteiger partial charge in [-0.05, 0) is 64.2 Å². The van der Waals surface area contributed by atoms with E-state index in [1.165, 1.54) is 12.8 Å². The van der Waals surface area contributed by atoms with Crippen molar-refractivity contribution in [2.24, 2.45) is 23.7 Å². The minimum Gasteiger partial charge on any atom is -0.402 e. The molecule has 1 aliphatic rings. The maximum atomic E-state index is 6.28. The Morgan fingerprint density at radius 1 is 1.60 bits per heavy atom. The summed E-state index contributed by atoms with van der Waals surface area (Å²) >= 11 is 12.0. The lowest BCUT2D eigenvalue weighted by molar-refractivity contribution is 0.760. The van der Waals surface area contributed by atoms with Crippen molar-refractivity contribution in [2.45, 2.75) is 26.2 Å². The van der Waals surface area contributed by atoms with E-state index in [1.807, 2.05) is 14.0 Å². The Morgan fingerprint density at radius 2 is 2.25 bits per heavy atom. The van der Waals surface area contributed by atoms with Gasteiger partial charge in [-0.2, -0.15) is 5.10 Å². The Labute approximate surface area is 146 Å². The van der Waals surface area contributed by atoms with Gasteiger partial charge in [-0.3, -0.25) is 9.67 Å². The maximum absolute atomic E-state index is 6.28. The molecule has 0 spiro atoms. The quantitative estimate of drug-likeness (QED) is 0.527. The lowest BCUT2D eigenvalue weighted by Crippen LogP contribution is -2.09. The van der Waals surface area contributed by atoms with Crippen molar-refractivity contribution in [1.29, 1.82) is 0 Å². The summed E-state index contributed by atoms with van der Waals surface area (Å²) in [6.45, 7) is 2.76. The van der Waals surface area contributed by atoms with Gasteiger partial charge in [0.1, 0.15) is 13.5 Å². The third-order valence-electron chi connectivity index (χ3n) is 3.28. The molecule has 0 bridgehead atoms. The van der Waals surface area contributed by atoms with Crippen molar-refractivity contribution in [3.63, 3.8) is 0 Å². The summed E-state index contributed by atoms with van der Waals surface area (Å²) in [4.78, 5) is 4.59. The Balaban J connectivity index is 2.21. The van der Waals surface area contributed by atoms with Crippen molar-refractivity contribution in [3.05, 3.63) is 25.7 Å². The highest BCUT2D eigenvalue weighted by molar-refractivity contribution is 14.1. The fourth-order valence-corrected chi connectivity index (χ4v) is 3.54. The van der Waals surface area contributed by atoms with E-state index in [2.05, 4.69) is 48.6 Å². The van der Waals surface area contributed by atoms with E-state index < -0.39 is 0 Å². The Kier molecular flexibility index (Phi) is 5.53. The number of aryl methyl sites for hydroxylation is 1. The third-order valence-corrected chi connectivity index (χ3v) is 5.35. The minimum absolute atomic E-state index is 0.641. The average molecular weight is 472 g/mol. The normalized spacial score (nSPS) is 17.4. The predicted octanol–water partition coefficient (Wildman–Crippen LogP) is 3.66. The van der Waals surface area contributed by atoms with E-state index in [-0.39, 0.29) is 0 Å². The van der Waals surface area contributed by atoms with Gasteiger partial charge in [0.25, 0.3) is 0 Å². The molecular weight excluding hydrogens is 454 g/mol. The van der Waals surface area contributed by atoms with E-state index in [4.69, 9.17) is 17.3 Å². The standard InChI is InChI=1S/C13H17BrClIN4/c1-7(17)9(11(14)18-6-8-3-4-8)5-10-12(15)20(2)19-13(10)16/h8H,3-6,17H2,1-2H3. The number of allylic oxidation sites excluding steroid dienone is 2. The zero-order valence-corrected chi connectivity index (χ0v) is 16.0. The highest BCUT2D eigenvalue weighted by Gasteiger charge is 2.22. The molecule has 0 saturated heterocycles. The van der Waals surface area contributed by atoms with Crippen molar-refractivity contribution in [2.75, 3.05) is 6.54 Å². The number of aromatic nitrogens is 2. The first-order valence-corrected chi connectivity index (χ1v) is 8.67. The summed E-state index contributed by atoms with van der Waals surface area (Å²) < 4.78 is 3.41. The predicted molar refractivity (Wildman–Crippen MR) is 95.5 cm³/mol. The molecule has 0 atom stereocenters. The van der Waals surface area contributed by atoms with E-state index in [1.54, 1.807) is 4.68 Å². The van der Waals surface area contributed by atoms with Crippen LogP contribution in [-0.2, 0) is 13.5 Å². The molecule has 2 rings (SSSR count).